The Balaban J connectivity index is 2.18. The van der Waals surface area contributed by atoms with Crippen LogP contribution in [0.15, 0.2) is 18.2 Å². The van der Waals surface area contributed by atoms with E-state index in [1.54, 1.807) is 0 Å². The molecule has 0 bridgehead atoms. The van der Waals surface area contributed by atoms with Gasteiger partial charge in [0.15, 0.2) is 0 Å². The molecule has 3 atom stereocenters. The predicted octanol–water partition coefficient (Wildman–Crippen LogP) is 4.32. The van der Waals surface area contributed by atoms with Crippen molar-refractivity contribution in [2.24, 2.45) is 11.8 Å². The average Bonchev–Trinajstić information content (AvgIpc) is 3.11. The van der Waals surface area contributed by atoms with Crippen molar-refractivity contribution in [2.45, 2.75) is 25.1 Å². The number of rotatable bonds is 0. The SMILES string of the molecule is C[C@H]1C[C@@H]1C#C[C@@]1(C(F)(F)F)OC(=O)Nc2ccc(Cl)cc21. The first kappa shape index (κ1) is 15.0. The molecule has 1 fully saturated rings. The summed E-state index contributed by atoms with van der Waals surface area (Å²) in [5.74, 6) is 4.91. The summed E-state index contributed by atoms with van der Waals surface area (Å²) in [5.41, 5.74) is -3.29. The molecule has 7 heteroatoms. The van der Waals surface area contributed by atoms with Gasteiger partial charge in [-0.15, -0.1) is 0 Å². The molecule has 1 aliphatic carbocycles. The van der Waals surface area contributed by atoms with Crippen LogP contribution in [0, 0.1) is 23.7 Å². The molecule has 1 aromatic carbocycles. The Bertz CT molecular complexity index is 707. The molecule has 22 heavy (non-hydrogen) atoms. The van der Waals surface area contributed by atoms with E-state index in [2.05, 4.69) is 21.9 Å². The second-order valence-electron chi connectivity index (χ2n) is 5.47. The number of ether oxygens (including phenoxy) is 1. The highest BCUT2D eigenvalue weighted by atomic mass is 35.5. The maximum Gasteiger partial charge on any atom is 0.445 e. The molecule has 116 valence electrons. The summed E-state index contributed by atoms with van der Waals surface area (Å²) in [4.78, 5) is 11.6. The molecule has 0 spiro atoms. The van der Waals surface area contributed by atoms with E-state index >= 15 is 0 Å². The zero-order chi connectivity index (χ0) is 16.1. The van der Waals surface area contributed by atoms with E-state index in [1.165, 1.54) is 12.1 Å². The summed E-state index contributed by atoms with van der Waals surface area (Å²) < 4.78 is 45.7. The fourth-order valence-electron chi connectivity index (χ4n) is 2.34. The van der Waals surface area contributed by atoms with Gasteiger partial charge in [0, 0.05) is 16.5 Å². The molecule has 1 aromatic rings. The van der Waals surface area contributed by atoms with Crippen LogP contribution in [0.5, 0.6) is 0 Å². The van der Waals surface area contributed by atoms with Crippen molar-refractivity contribution < 1.29 is 22.7 Å². The van der Waals surface area contributed by atoms with Crippen LogP contribution in [0.25, 0.3) is 0 Å². The average molecular weight is 330 g/mol. The highest BCUT2D eigenvalue weighted by molar-refractivity contribution is 6.30. The molecule has 0 unspecified atom stereocenters. The molecule has 3 rings (SSSR count). The minimum atomic E-state index is -4.88. The molecule has 1 amide bonds. The van der Waals surface area contributed by atoms with Crippen molar-refractivity contribution in [1.29, 1.82) is 0 Å². The number of hydrogen-bond donors (Lipinski definition) is 1. The van der Waals surface area contributed by atoms with Gasteiger partial charge in [0.05, 0.1) is 5.69 Å². The molecular formula is C15H11ClF3NO2. The van der Waals surface area contributed by atoms with E-state index in [-0.39, 0.29) is 28.1 Å². The van der Waals surface area contributed by atoms with Gasteiger partial charge in [-0.3, -0.25) is 5.32 Å². The molecule has 1 saturated carbocycles. The lowest BCUT2D eigenvalue weighted by atomic mass is 9.90. The number of fused-ring (bicyclic) bond motifs is 1. The Kier molecular flexibility index (Phi) is 3.29. The quantitative estimate of drug-likeness (QED) is 0.720. The molecule has 1 N–H and O–H groups in total. The van der Waals surface area contributed by atoms with Crippen molar-refractivity contribution >= 4 is 23.4 Å². The van der Waals surface area contributed by atoms with Crippen LogP contribution in [0.3, 0.4) is 0 Å². The normalized spacial score (nSPS) is 29.6. The Morgan fingerprint density at radius 1 is 1.45 bits per heavy atom. The van der Waals surface area contributed by atoms with Crippen molar-refractivity contribution in [3.8, 4) is 11.8 Å². The third-order valence-corrected chi connectivity index (χ3v) is 4.02. The second kappa shape index (κ2) is 4.82. The number of halogens is 4. The zero-order valence-corrected chi connectivity index (χ0v) is 12.2. The first-order valence-corrected chi connectivity index (χ1v) is 7.00. The van der Waals surface area contributed by atoms with Crippen molar-refractivity contribution in [3.05, 3.63) is 28.8 Å². The fourth-order valence-corrected chi connectivity index (χ4v) is 2.51. The predicted molar refractivity (Wildman–Crippen MR) is 74.3 cm³/mol. The van der Waals surface area contributed by atoms with E-state index in [1.807, 2.05) is 6.92 Å². The van der Waals surface area contributed by atoms with Crippen LogP contribution in [-0.4, -0.2) is 12.3 Å². The van der Waals surface area contributed by atoms with Crippen LogP contribution >= 0.6 is 11.6 Å². The summed E-state index contributed by atoms with van der Waals surface area (Å²) in [6.45, 7) is 1.90. The lowest BCUT2D eigenvalue weighted by molar-refractivity contribution is -0.239. The summed E-state index contributed by atoms with van der Waals surface area (Å²) in [7, 11) is 0. The number of hydrogen-bond acceptors (Lipinski definition) is 2. The van der Waals surface area contributed by atoms with Gasteiger partial charge < -0.3 is 4.74 Å². The smallest absolute Gasteiger partial charge is 0.415 e. The number of alkyl halides is 3. The second-order valence-corrected chi connectivity index (χ2v) is 5.91. The van der Waals surface area contributed by atoms with E-state index in [4.69, 9.17) is 11.6 Å². The molecular weight excluding hydrogens is 319 g/mol. The maximum absolute atomic E-state index is 13.7. The number of benzene rings is 1. The lowest BCUT2D eigenvalue weighted by Crippen LogP contribution is -2.49. The van der Waals surface area contributed by atoms with Gasteiger partial charge in [-0.05, 0) is 36.5 Å². The number of carbonyl (C=O) groups is 1. The summed E-state index contributed by atoms with van der Waals surface area (Å²) in [6.07, 6.45) is -5.32. The van der Waals surface area contributed by atoms with Gasteiger partial charge in [0.1, 0.15) is 0 Å². The van der Waals surface area contributed by atoms with E-state index < -0.39 is 17.9 Å². The van der Waals surface area contributed by atoms with Gasteiger partial charge in [-0.25, -0.2) is 4.79 Å². The Morgan fingerprint density at radius 2 is 2.14 bits per heavy atom. The van der Waals surface area contributed by atoms with Gasteiger partial charge in [0.25, 0.3) is 5.60 Å². The number of anilines is 1. The van der Waals surface area contributed by atoms with Crippen LogP contribution in [0.1, 0.15) is 18.9 Å². The number of nitrogens with one attached hydrogen (secondary N) is 1. The summed E-state index contributed by atoms with van der Waals surface area (Å²) >= 11 is 5.80. The van der Waals surface area contributed by atoms with E-state index in [9.17, 15) is 18.0 Å². The molecule has 0 radical (unpaired) electrons. The molecule has 2 aliphatic rings. The number of carbonyl (C=O) groups excluding carboxylic acids is 1. The lowest BCUT2D eigenvalue weighted by Gasteiger charge is -2.35. The number of cyclic esters (lactones) is 1. The standard InChI is InChI=1S/C15H11ClF3NO2/c1-8-6-9(8)4-5-14(15(17,18)19)11-7-10(16)2-3-12(11)20-13(21)22-14/h2-3,7-9H,6H2,1H3,(H,20,21)/t8-,9-,14+/m0/s1. The van der Waals surface area contributed by atoms with Crippen LogP contribution in [0.2, 0.25) is 5.02 Å². The molecule has 0 aromatic heterocycles. The van der Waals surface area contributed by atoms with Crippen molar-refractivity contribution in [2.75, 3.05) is 5.32 Å². The zero-order valence-electron chi connectivity index (χ0n) is 11.4. The topological polar surface area (TPSA) is 38.3 Å². The minimum Gasteiger partial charge on any atom is -0.415 e. The highest BCUT2D eigenvalue weighted by Crippen LogP contribution is 2.48. The van der Waals surface area contributed by atoms with Crippen LogP contribution in [-0.2, 0) is 10.3 Å². The first-order valence-electron chi connectivity index (χ1n) is 6.62. The Labute approximate surface area is 129 Å². The molecule has 1 aliphatic heterocycles. The summed E-state index contributed by atoms with van der Waals surface area (Å²) in [6, 6.07) is 3.82. The summed E-state index contributed by atoms with van der Waals surface area (Å²) in [5, 5.41) is 2.34. The monoisotopic (exact) mass is 329 g/mol. The van der Waals surface area contributed by atoms with E-state index in [0.29, 0.717) is 0 Å². The van der Waals surface area contributed by atoms with Crippen molar-refractivity contribution in [1.82, 2.24) is 0 Å². The largest absolute Gasteiger partial charge is 0.445 e. The van der Waals surface area contributed by atoms with Crippen LogP contribution < -0.4 is 5.32 Å². The fraction of sp³-hybridized carbons (Fsp3) is 0.400. The minimum absolute atomic E-state index is 0.00359. The maximum atomic E-state index is 13.7. The molecule has 1 heterocycles. The van der Waals surface area contributed by atoms with Gasteiger partial charge in [-0.1, -0.05) is 24.4 Å². The number of amides is 1. The van der Waals surface area contributed by atoms with Gasteiger partial charge in [0.2, 0.25) is 0 Å². The highest BCUT2D eigenvalue weighted by Gasteiger charge is 2.62. The van der Waals surface area contributed by atoms with E-state index in [0.717, 1.165) is 12.5 Å². The molecule has 3 nitrogen and oxygen atoms in total. The Morgan fingerprint density at radius 3 is 2.73 bits per heavy atom. The Hall–Kier alpha value is -1.87. The van der Waals surface area contributed by atoms with Gasteiger partial charge >= 0.3 is 12.3 Å². The molecule has 0 saturated heterocycles. The third-order valence-electron chi connectivity index (χ3n) is 3.79. The van der Waals surface area contributed by atoms with Crippen LogP contribution in [0.4, 0.5) is 23.7 Å². The van der Waals surface area contributed by atoms with Crippen molar-refractivity contribution in [3.63, 3.8) is 0 Å². The third kappa shape index (κ3) is 2.40. The first-order chi connectivity index (χ1) is 10.2. The van der Waals surface area contributed by atoms with Gasteiger partial charge in [-0.2, -0.15) is 13.2 Å².